The highest BCUT2D eigenvalue weighted by Crippen LogP contribution is 2.37. The Hall–Kier alpha value is -3.98. The highest BCUT2D eigenvalue weighted by atomic mass is 19.3. The highest BCUT2D eigenvalue weighted by Gasteiger charge is 2.40. The van der Waals surface area contributed by atoms with Gasteiger partial charge >= 0.3 is 18.7 Å². The summed E-state index contributed by atoms with van der Waals surface area (Å²) in [5, 5.41) is 2.66. The van der Waals surface area contributed by atoms with Crippen molar-refractivity contribution in [1.82, 2.24) is 15.2 Å². The highest BCUT2D eigenvalue weighted by molar-refractivity contribution is 5.95. The zero-order valence-corrected chi connectivity index (χ0v) is 24.2. The van der Waals surface area contributed by atoms with Gasteiger partial charge in [-0.2, -0.15) is 8.78 Å². The molecule has 0 bridgehead atoms. The molecule has 1 aromatic heterocycles. The number of alkyl carbamates (subject to hydrolysis) is 1. The van der Waals surface area contributed by atoms with Crippen molar-refractivity contribution in [3.63, 3.8) is 0 Å². The number of hydrogen-bond acceptors (Lipinski definition) is 11. The number of nitrogens with zero attached hydrogens (tertiary/aromatic N) is 2. The van der Waals surface area contributed by atoms with E-state index in [9.17, 15) is 23.2 Å². The summed E-state index contributed by atoms with van der Waals surface area (Å²) in [7, 11) is 2.70. The molecule has 3 atom stereocenters. The number of carbonyl (C=O) groups is 3. The zero-order valence-electron chi connectivity index (χ0n) is 24.2. The number of likely N-dealkylation sites (tertiary alicyclic amines) is 1. The number of benzene rings is 1. The minimum Gasteiger partial charge on any atom is -0.489 e. The third-order valence-electron chi connectivity index (χ3n) is 6.98. The van der Waals surface area contributed by atoms with Crippen LogP contribution in [0.3, 0.4) is 0 Å². The number of ether oxygens (including phenoxy) is 5. The number of esters is 1. The molecule has 2 fully saturated rings. The maximum Gasteiger partial charge on any atom is 0.407 e. The van der Waals surface area contributed by atoms with Crippen molar-refractivity contribution in [3.05, 3.63) is 29.7 Å². The van der Waals surface area contributed by atoms with Crippen LogP contribution in [0.5, 0.6) is 11.5 Å². The van der Waals surface area contributed by atoms with E-state index >= 15 is 0 Å². The van der Waals surface area contributed by atoms with E-state index in [1.54, 1.807) is 6.92 Å². The van der Waals surface area contributed by atoms with Gasteiger partial charge in [0.1, 0.15) is 6.61 Å². The molecule has 2 aromatic rings. The largest absolute Gasteiger partial charge is 0.489 e. The minimum atomic E-state index is -3.05. The van der Waals surface area contributed by atoms with Gasteiger partial charge < -0.3 is 44.1 Å². The second-order valence-corrected chi connectivity index (χ2v) is 10.4. The number of carbonyl (C=O) groups excluding carboxylic acids is 3. The van der Waals surface area contributed by atoms with Crippen LogP contribution in [0.1, 0.15) is 54.9 Å². The van der Waals surface area contributed by atoms with Gasteiger partial charge in [0.2, 0.25) is 5.89 Å². The first kappa shape index (κ1) is 31.9. The molecular formula is C28H36F2N4O9. The van der Waals surface area contributed by atoms with Gasteiger partial charge in [0, 0.05) is 25.3 Å². The fourth-order valence-electron chi connectivity index (χ4n) is 4.67. The molecule has 1 aliphatic heterocycles. The average Bonchev–Trinajstić information content (AvgIpc) is 3.55. The molecule has 0 radical (unpaired) electrons. The fourth-order valence-corrected chi connectivity index (χ4v) is 4.67. The number of hydrogen-bond donors (Lipinski definition) is 2. The van der Waals surface area contributed by atoms with Crippen molar-refractivity contribution in [1.29, 1.82) is 0 Å². The summed E-state index contributed by atoms with van der Waals surface area (Å²) in [4.78, 5) is 44.1. The molecule has 2 amide bonds. The lowest BCUT2D eigenvalue weighted by molar-refractivity contribution is -0.145. The number of nitrogens with one attached hydrogen (secondary N) is 1. The number of oxazole rings is 1. The van der Waals surface area contributed by atoms with Gasteiger partial charge in [0.15, 0.2) is 23.0 Å². The molecule has 236 valence electrons. The van der Waals surface area contributed by atoms with Gasteiger partial charge in [-0.25, -0.2) is 9.78 Å². The van der Waals surface area contributed by atoms with Crippen molar-refractivity contribution in [2.45, 2.75) is 57.3 Å². The Morgan fingerprint density at radius 3 is 2.60 bits per heavy atom. The van der Waals surface area contributed by atoms with Gasteiger partial charge in [0.05, 0.1) is 38.8 Å². The predicted octanol–water partition coefficient (Wildman–Crippen LogP) is 3.27. The standard InChI is InChI=1S/C28H36F2N4O9/c1-15(31)24-23(26(36)34-13-18(32-28(37)39-3)11-19(34)12-22(35)40-9-8-38-2)33-25(43-24)17-6-7-20(42-27(29)30)21(10-17)41-14-16-4-5-16/h6-7,10,15-16,18-19,27H,4-5,8-9,11-14,31H2,1-3H3,(H,32,37)/t15-,18+,19-/m0/s1. The SMILES string of the molecule is COCCOC(=O)C[C@@H]1C[C@@H](NC(=O)OC)CN1C(=O)c1nc(-c2ccc(OC(F)F)c(OCC3CC3)c2)oc1[C@H](C)N. The van der Waals surface area contributed by atoms with Crippen LogP contribution in [0.25, 0.3) is 11.5 Å². The Balaban J connectivity index is 1.61. The minimum absolute atomic E-state index is 0.00877. The van der Waals surface area contributed by atoms with E-state index in [4.69, 9.17) is 24.4 Å². The van der Waals surface area contributed by atoms with Crippen molar-refractivity contribution >= 4 is 18.0 Å². The summed E-state index contributed by atoms with van der Waals surface area (Å²) in [6.07, 6.45) is 1.42. The number of nitrogens with two attached hydrogens (primary N) is 1. The molecule has 1 saturated heterocycles. The number of rotatable bonds is 14. The lowest BCUT2D eigenvalue weighted by atomic mass is 10.1. The monoisotopic (exact) mass is 610 g/mol. The second kappa shape index (κ2) is 14.5. The first-order valence-corrected chi connectivity index (χ1v) is 13.9. The van der Waals surface area contributed by atoms with Crippen molar-refractivity contribution in [2.24, 2.45) is 11.7 Å². The molecule has 2 heterocycles. The molecule has 0 spiro atoms. The van der Waals surface area contributed by atoms with Crippen LogP contribution in [0.2, 0.25) is 0 Å². The first-order valence-electron chi connectivity index (χ1n) is 13.9. The number of alkyl halides is 2. The van der Waals surface area contributed by atoms with Crippen LogP contribution in [-0.4, -0.2) is 87.1 Å². The maximum absolute atomic E-state index is 13.9. The van der Waals surface area contributed by atoms with Crippen molar-refractivity contribution in [3.8, 4) is 23.0 Å². The molecule has 43 heavy (non-hydrogen) atoms. The number of aromatic nitrogens is 1. The molecule has 0 unspecified atom stereocenters. The maximum atomic E-state index is 13.9. The van der Waals surface area contributed by atoms with Crippen LogP contribution in [0, 0.1) is 5.92 Å². The second-order valence-electron chi connectivity index (χ2n) is 10.4. The molecular weight excluding hydrogens is 574 g/mol. The van der Waals surface area contributed by atoms with E-state index in [0.717, 1.165) is 12.8 Å². The van der Waals surface area contributed by atoms with Gasteiger partial charge in [-0.3, -0.25) is 9.59 Å². The lowest BCUT2D eigenvalue weighted by Gasteiger charge is -2.23. The normalized spacial score (nSPS) is 18.8. The smallest absolute Gasteiger partial charge is 0.407 e. The average molecular weight is 611 g/mol. The molecule has 13 nitrogen and oxygen atoms in total. The van der Waals surface area contributed by atoms with E-state index in [0.29, 0.717) is 18.1 Å². The van der Waals surface area contributed by atoms with Gasteiger partial charge in [-0.1, -0.05) is 0 Å². The van der Waals surface area contributed by atoms with Crippen molar-refractivity contribution in [2.75, 3.05) is 40.6 Å². The molecule has 3 N–H and O–H groups in total. The molecule has 15 heteroatoms. The molecule has 4 rings (SSSR count). The van der Waals surface area contributed by atoms with E-state index < -0.39 is 42.7 Å². The van der Waals surface area contributed by atoms with Crippen LogP contribution in [0.15, 0.2) is 22.6 Å². The summed E-state index contributed by atoms with van der Waals surface area (Å²) in [6.45, 7) is -0.769. The topological polar surface area (TPSA) is 165 Å². The Morgan fingerprint density at radius 2 is 1.95 bits per heavy atom. The third-order valence-corrected chi connectivity index (χ3v) is 6.98. The van der Waals surface area contributed by atoms with Gasteiger partial charge in [0.25, 0.3) is 5.91 Å². The number of amides is 2. The molecule has 1 aliphatic carbocycles. The first-order chi connectivity index (χ1) is 20.6. The van der Waals surface area contributed by atoms with E-state index in [-0.39, 0.29) is 61.4 Å². The lowest BCUT2D eigenvalue weighted by Crippen LogP contribution is -2.40. The van der Waals surface area contributed by atoms with E-state index in [1.165, 1.54) is 37.3 Å². The van der Waals surface area contributed by atoms with Crippen LogP contribution >= 0.6 is 0 Å². The summed E-state index contributed by atoms with van der Waals surface area (Å²) in [5.74, 6) is -0.737. The molecule has 2 aliphatic rings. The fraction of sp³-hybridized carbons (Fsp3) is 0.571. The van der Waals surface area contributed by atoms with Gasteiger partial charge in [-0.15, -0.1) is 0 Å². The summed E-state index contributed by atoms with van der Waals surface area (Å²) < 4.78 is 57.0. The third kappa shape index (κ3) is 8.54. The van der Waals surface area contributed by atoms with Crippen molar-refractivity contribution < 1.29 is 51.3 Å². The zero-order chi connectivity index (χ0) is 31.1. The van der Waals surface area contributed by atoms with Crippen LogP contribution in [0.4, 0.5) is 13.6 Å². The summed E-state index contributed by atoms with van der Waals surface area (Å²) >= 11 is 0. The Kier molecular flexibility index (Phi) is 10.7. The molecule has 1 saturated carbocycles. The quantitative estimate of drug-likeness (QED) is 0.238. The predicted molar refractivity (Wildman–Crippen MR) is 146 cm³/mol. The Labute approximate surface area is 246 Å². The Bertz CT molecular complexity index is 1280. The van der Waals surface area contributed by atoms with Crippen LogP contribution in [-0.2, 0) is 19.0 Å². The summed E-state index contributed by atoms with van der Waals surface area (Å²) in [5.41, 5.74) is 6.40. The number of methoxy groups -OCH3 is 2. The Morgan fingerprint density at radius 1 is 1.19 bits per heavy atom. The van der Waals surface area contributed by atoms with Gasteiger partial charge in [-0.05, 0) is 50.3 Å². The molecule has 1 aromatic carbocycles. The summed E-state index contributed by atoms with van der Waals surface area (Å²) in [6, 6.07) is 2.32. The van der Waals surface area contributed by atoms with E-state index in [1.807, 2.05) is 0 Å². The number of halogens is 2. The van der Waals surface area contributed by atoms with Crippen LogP contribution < -0.4 is 20.5 Å². The van der Waals surface area contributed by atoms with E-state index in [2.05, 4.69) is 19.8 Å².